The SMILES string of the molecule is CC(C)CC(C)NC(=O)Cc1ccc(N)cc1. The van der Waals surface area contributed by atoms with E-state index in [1.165, 1.54) is 0 Å². The van der Waals surface area contributed by atoms with Crippen LogP contribution < -0.4 is 11.1 Å². The Labute approximate surface area is 103 Å². The van der Waals surface area contributed by atoms with Crippen molar-refractivity contribution in [3.05, 3.63) is 29.8 Å². The molecule has 0 aliphatic rings. The maximum Gasteiger partial charge on any atom is 0.224 e. The molecule has 3 heteroatoms. The smallest absolute Gasteiger partial charge is 0.224 e. The molecular weight excluding hydrogens is 212 g/mol. The van der Waals surface area contributed by atoms with Gasteiger partial charge in [0.2, 0.25) is 5.91 Å². The molecule has 94 valence electrons. The van der Waals surface area contributed by atoms with E-state index in [-0.39, 0.29) is 11.9 Å². The first kappa shape index (κ1) is 13.6. The molecule has 0 saturated heterocycles. The molecule has 0 aliphatic heterocycles. The Hall–Kier alpha value is -1.51. The topological polar surface area (TPSA) is 55.1 Å². The molecule has 1 rings (SSSR count). The highest BCUT2D eigenvalue weighted by Gasteiger charge is 2.09. The molecule has 1 aromatic carbocycles. The second-order valence-corrected chi connectivity index (χ2v) is 5.02. The number of amides is 1. The molecule has 1 amide bonds. The molecule has 0 heterocycles. The molecule has 1 atom stereocenters. The summed E-state index contributed by atoms with van der Waals surface area (Å²) < 4.78 is 0. The molecule has 0 spiro atoms. The minimum absolute atomic E-state index is 0.0721. The van der Waals surface area contributed by atoms with E-state index >= 15 is 0 Å². The minimum Gasteiger partial charge on any atom is -0.399 e. The molecule has 0 fully saturated rings. The highest BCUT2D eigenvalue weighted by molar-refractivity contribution is 5.78. The van der Waals surface area contributed by atoms with Crippen molar-refractivity contribution in [2.24, 2.45) is 5.92 Å². The third-order valence-corrected chi connectivity index (χ3v) is 2.58. The Bertz CT molecular complexity index is 357. The minimum atomic E-state index is 0.0721. The van der Waals surface area contributed by atoms with E-state index in [2.05, 4.69) is 19.2 Å². The average molecular weight is 234 g/mol. The third-order valence-electron chi connectivity index (χ3n) is 2.58. The molecule has 0 aliphatic carbocycles. The maximum atomic E-state index is 11.7. The van der Waals surface area contributed by atoms with E-state index < -0.39 is 0 Å². The lowest BCUT2D eigenvalue weighted by atomic mass is 10.0. The Kier molecular flexibility index (Phi) is 5.01. The average Bonchev–Trinajstić information content (AvgIpc) is 2.19. The lowest BCUT2D eigenvalue weighted by molar-refractivity contribution is -0.121. The van der Waals surface area contributed by atoms with E-state index in [4.69, 9.17) is 5.73 Å². The van der Waals surface area contributed by atoms with Gasteiger partial charge in [-0.05, 0) is 37.0 Å². The van der Waals surface area contributed by atoms with Crippen LogP contribution in [0.3, 0.4) is 0 Å². The van der Waals surface area contributed by atoms with Gasteiger partial charge in [-0.3, -0.25) is 4.79 Å². The van der Waals surface area contributed by atoms with Gasteiger partial charge in [-0.2, -0.15) is 0 Å². The van der Waals surface area contributed by atoms with Crippen LogP contribution in [-0.2, 0) is 11.2 Å². The van der Waals surface area contributed by atoms with Crippen LogP contribution in [0.25, 0.3) is 0 Å². The number of carbonyl (C=O) groups is 1. The number of carbonyl (C=O) groups excluding carboxylic acids is 1. The number of nitrogens with one attached hydrogen (secondary N) is 1. The zero-order chi connectivity index (χ0) is 12.8. The normalized spacial score (nSPS) is 12.5. The van der Waals surface area contributed by atoms with Gasteiger partial charge in [-0.1, -0.05) is 26.0 Å². The molecule has 0 radical (unpaired) electrons. The fraction of sp³-hybridized carbons (Fsp3) is 0.500. The van der Waals surface area contributed by atoms with Crippen LogP contribution in [0.1, 0.15) is 32.8 Å². The molecule has 0 aromatic heterocycles. The second kappa shape index (κ2) is 6.28. The molecule has 17 heavy (non-hydrogen) atoms. The van der Waals surface area contributed by atoms with Gasteiger partial charge < -0.3 is 11.1 Å². The summed E-state index contributed by atoms with van der Waals surface area (Å²) in [7, 11) is 0. The fourth-order valence-corrected chi connectivity index (χ4v) is 1.91. The van der Waals surface area contributed by atoms with Gasteiger partial charge in [0.05, 0.1) is 6.42 Å². The van der Waals surface area contributed by atoms with Crippen LogP contribution in [0.15, 0.2) is 24.3 Å². The van der Waals surface area contributed by atoms with Crippen LogP contribution in [0.5, 0.6) is 0 Å². The summed E-state index contributed by atoms with van der Waals surface area (Å²) in [5.74, 6) is 0.671. The summed E-state index contributed by atoms with van der Waals surface area (Å²) in [4.78, 5) is 11.7. The van der Waals surface area contributed by atoms with Gasteiger partial charge in [-0.15, -0.1) is 0 Å². The van der Waals surface area contributed by atoms with Gasteiger partial charge in [0, 0.05) is 11.7 Å². The van der Waals surface area contributed by atoms with Gasteiger partial charge in [0.15, 0.2) is 0 Å². The Morgan fingerprint density at radius 3 is 2.35 bits per heavy atom. The Balaban J connectivity index is 2.41. The predicted octanol–water partition coefficient (Wildman–Crippen LogP) is 2.36. The molecule has 0 saturated carbocycles. The summed E-state index contributed by atoms with van der Waals surface area (Å²) in [6.07, 6.45) is 1.43. The van der Waals surface area contributed by atoms with E-state index in [0.29, 0.717) is 12.3 Å². The lowest BCUT2D eigenvalue weighted by Gasteiger charge is -2.15. The number of rotatable bonds is 5. The summed E-state index contributed by atoms with van der Waals surface area (Å²) in [5.41, 5.74) is 7.31. The zero-order valence-electron chi connectivity index (χ0n) is 10.9. The summed E-state index contributed by atoms with van der Waals surface area (Å²) >= 11 is 0. The monoisotopic (exact) mass is 234 g/mol. The number of benzene rings is 1. The van der Waals surface area contributed by atoms with Crippen molar-refractivity contribution in [1.82, 2.24) is 5.32 Å². The first-order valence-electron chi connectivity index (χ1n) is 6.11. The van der Waals surface area contributed by atoms with Crippen molar-refractivity contribution < 1.29 is 4.79 Å². The highest BCUT2D eigenvalue weighted by atomic mass is 16.1. The van der Waals surface area contributed by atoms with Crippen LogP contribution in [0.2, 0.25) is 0 Å². The van der Waals surface area contributed by atoms with Crippen molar-refractivity contribution in [3.63, 3.8) is 0 Å². The summed E-state index contributed by atoms with van der Waals surface area (Å²) in [6.45, 7) is 6.35. The van der Waals surface area contributed by atoms with E-state index in [1.54, 1.807) is 0 Å². The van der Waals surface area contributed by atoms with Crippen LogP contribution in [-0.4, -0.2) is 11.9 Å². The maximum absolute atomic E-state index is 11.7. The van der Waals surface area contributed by atoms with Crippen molar-refractivity contribution in [2.45, 2.75) is 39.7 Å². The van der Waals surface area contributed by atoms with Gasteiger partial charge in [0.25, 0.3) is 0 Å². The van der Waals surface area contributed by atoms with Crippen molar-refractivity contribution in [3.8, 4) is 0 Å². The molecule has 3 N–H and O–H groups in total. The molecule has 3 nitrogen and oxygen atoms in total. The molecule has 1 aromatic rings. The van der Waals surface area contributed by atoms with Crippen LogP contribution in [0, 0.1) is 5.92 Å². The van der Waals surface area contributed by atoms with E-state index in [9.17, 15) is 4.79 Å². The van der Waals surface area contributed by atoms with Gasteiger partial charge in [-0.25, -0.2) is 0 Å². The van der Waals surface area contributed by atoms with Crippen molar-refractivity contribution in [1.29, 1.82) is 0 Å². The Morgan fingerprint density at radius 1 is 1.24 bits per heavy atom. The molecule has 1 unspecified atom stereocenters. The first-order valence-corrected chi connectivity index (χ1v) is 6.11. The number of anilines is 1. The summed E-state index contributed by atoms with van der Waals surface area (Å²) in [5, 5.41) is 3.00. The number of nitrogen functional groups attached to an aromatic ring is 1. The van der Waals surface area contributed by atoms with Crippen LogP contribution in [0.4, 0.5) is 5.69 Å². The fourth-order valence-electron chi connectivity index (χ4n) is 1.91. The highest BCUT2D eigenvalue weighted by Crippen LogP contribution is 2.07. The largest absolute Gasteiger partial charge is 0.399 e. The third kappa shape index (κ3) is 5.38. The van der Waals surface area contributed by atoms with Crippen molar-refractivity contribution >= 4 is 11.6 Å². The zero-order valence-corrected chi connectivity index (χ0v) is 10.9. The lowest BCUT2D eigenvalue weighted by Crippen LogP contribution is -2.34. The summed E-state index contributed by atoms with van der Waals surface area (Å²) in [6, 6.07) is 7.65. The number of nitrogens with two attached hydrogens (primary N) is 1. The second-order valence-electron chi connectivity index (χ2n) is 5.02. The van der Waals surface area contributed by atoms with Crippen LogP contribution >= 0.6 is 0 Å². The molecule has 0 bridgehead atoms. The van der Waals surface area contributed by atoms with E-state index in [0.717, 1.165) is 17.7 Å². The predicted molar refractivity (Wildman–Crippen MR) is 71.6 cm³/mol. The number of hydrogen-bond donors (Lipinski definition) is 2. The quantitative estimate of drug-likeness (QED) is 0.768. The van der Waals surface area contributed by atoms with Crippen molar-refractivity contribution in [2.75, 3.05) is 5.73 Å². The Morgan fingerprint density at radius 2 is 1.82 bits per heavy atom. The first-order chi connectivity index (χ1) is 7.97. The van der Waals surface area contributed by atoms with Gasteiger partial charge in [0.1, 0.15) is 0 Å². The molecular formula is C14H22N2O. The number of hydrogen-bond acceptors (Lipinski definition) is 2. The van der Waals surface area contributed by atoms with Gasteiger partial charge >= 0.3 is 0 Å². The van der Waals surface area contributed by atoms with E-state index in [1.807, 2.05) is 31.2 Å². The standard InChI is InChI=1S/C14H22N2O/c1-10(2)8-11(3)16-14(17)9-12-4-6-13(15)7-5-12/h4-7,10-11H,8-9,15H2,1-3H3,(H,16,17).